The van der Waals surface area contributed by atoms with E-state index in [1.165, 1.54) is 4.90 Å². The van der Waals surface area contributed by atoms with Gasteiger partial charge >= 0.3 is 5.97 Å². The Bertz CT molecular complexity index is 268. The van der Waals surface area contributed by atoms with Crippen LogP contribution in [0.5, 0.6) is 0 Å². The van der Waals surface area contributed by atoms with E-state index in [1.807, 2.05) is 13.8 Å². The fraction of sp³-hybridized carbons (Fsp3) is 0.818. The van der Waals surface area contributed by atoms with Gasteiger partial charge in [-0.1, -0.05) is 13.8 Å². The first-order valence-corrected chi connectivity index (χ1v) is 5.82. The van der Waals surface area contributed by atoms with E-state index in [0.29, 0.717) is 19.5 Å². The minimum absolute atomic E-state index is 0.0501. The summed E-state index contributed by atoms with van der Waals surface area (Å²) in [7, 11) is 0. The number of hydrogen-bond acceptors (Lipinski definition) is 3. The average molecular weight is 228 g/mol. The lowest BCUT2D eigenvalue weighted by atomic mass is 10.1. The minimum Gasteiger partial charge on any atom is -0.480 e. The minimum atomic E-state index is -0.887. The molecule has 0 aromatic carbocycles. The number of carboxylic acids is 1. The van der Waals surface area contributed by atoms with Gasteiger partial charge in [-0.15, -0.1) is 0 Å². The highest BCUT2D eigenvalue weighted by Gasteiger charge is 2.35. The molecule has 0 radical (unpaired) electrons. The Morgan fingerprint density at radius 2 is 2.25 bits per heavy atom. The number of nitrogens with zero attached hydrogens (tertiary/aromatic N) is 1. The van der Waals surface area contributed by atoms with Crippen molar-refractivity contribution in [2.75, 3.05) is 19.6 Å². The summed E-state index contributed by atoms with van der Waals surface area (Å²) >= 11 is 0. The first-order chi connectivity index (χ1) is 7.57. The van der Waals surface area contributed by atoms with Gasteiger partial charge in [0.1, 0.15) is 6.04 Å². The average Bonchev–Trinajstić information content (AvgIpc) is 2.73. The summed E-state index contributed by atoms with van der Waals surface area (Å²) < 4.78 is 0. The first-order valence-electron chi connectivity index (χ1n) is 5.82. The second-order valence-corrected chi connectivity index (χ2v) is 4.24. The lowest BCUT2D eigenvalue weighted by molar-refractivity contribution is -0.149. The lowest BCUT2D eigenvalue weighted by Gasteiger charge is -2.24. The number of carboxylic acid groups (broad SMARTS) is 1. The van der Waals surface area contributed by atoms with Crippen LogP contribution in [0.4, 0.5) is 0 Å². The molecule has 0 bridgehead atoms. The Labute approximate surface area is 95.8 Å². The molecule has 1 aliphatic rings. The summed E-state index contributed by atoms with van der Waals surface area (Å²) in [6, 6.07) is -0.614. The number of likely N-dealkylation sites (tertiary alicyclic amines) is 1. The Morgan fingerprint density at radius 3 is 2.81 bits per heavy atom. The molecule has 0 saturated carbocycles. The number of aliphatic carboxylic acids is 1. The monoisotopic (exact) mass is 228 g/mol. The number of rotatable bonds is 5. The van der Waals surface area contributed by atoms with Crippen LogP contribution in [0, 0.1) is 5.92 Å². The van der Waals surface area contributed by atoms with Crippen molar-refractivity contribution in [1.29, 1.82) is 0 Å². The molecule has 0 aliphatic carbocycles. The molecule has 5 heteroatoms. The molecule has 1 saturated heterocycles. The zero-order valence-electron chi connectivity index (χ0n) is 9.90. The highest BCUT2D eigenvalue weighted by atomic mass is 16.4. The van der Waals surface area contributed by atoms with Gasteiger partial charge in [-0.25, -0.2) is 4.79 Å². The third-order valence-electron chi connectivity index (χ3n) is 2.94. The van der Waals surface area contributed by atoms with Crippen molar-refractivity contribution in [3.05, 3.63) is 0 Å². The molecule has 2 unspecified atom stereocenters. The van der Waals surface area contributed by atoms with Crippen LogP contribution in [0.25, 0.3) is 0 Å². The number of nitrogens with one attached hydrogen (secondary N) is 1. The molecule has 1 fully saturated rings. The third kappa shape index (κ3) is 2.95. The van der Waals surface area contributed by atoms with Crippen molar-refractivity contribution in [3.63, 3.8) is 0 Å². The highest BCUT2D eigenvalue weighted by Crippen LogP contribution is 2.19. The van der Waals surface area contributed by atoms with Crippen LogP contribution in [-0.4, -0.2) is 47.6 Å². The molecule has 0 aromatic rings. The number of carbonyl (C=O) groups excluding carboxylic acids is 1. The molecule has 5 nitrogen and oxygen atoms in total. The van der Waals surface area contributed by atoms with Crippen molar-refractivity contribution in [2.24, 2.45) is 5.92 Å². The molecule has 2 N–H and O–H groups in total. The molecule has 16 heavy (non-hydrogen) atoms. The second kappa shape index (κ2) is 5.84. The third-order valence-corrected chi connectivity index (χ3v) is 2.94. The van der Waals surface area contributed by atoms with Crippen molar-refractivity contribution in [2.45, 2.75) is 32.7 Å². The zero-order valence-corrected chi connectivity index (χ0v) is 9.90. The quantitative estimate of drug-likeness (QED) is 0.710. The van der Waals surface area contributed by atoms with Crippen LogP contribution >= 0.6 is 0 Å². The molecule has 1 amide bonds. The van der Waals surface area contributed by atoms with Gasteiger partial charge in [-0.05, 0) is 19.4 Å². The van der Waals surface area contributed by atoms with Crippen LogP contribution in [0.3, 0.4) is 0 Å². The molecule has 1 aliphatic heterocycles. The van der Waals surface area contributed by atoms with Crippen molar-refractivity contribution in [3.8, 4) is 0 Å². The Balaban J connectivity index is 2.55. The van der Waals surface area contributed by atoms with E-state index < -0.39 is 12.0 Å². The molecule has 92 valence electrons. The predicted octanol–water partition coefficient (Wildman–Crippen LogP) is 0.308. The molecular weight excluding hydrogens is 208 g/mol. The van der Waals surface area contributed by atoms with Gasteiger partial charge < -0.3 is 15.3 Å². The van der Waals surface area contributed by atoms with E-state index in [4.69, 9.17) is 5.11 Å². The molecule has 1 rings (SSSR count). The van der Waals surface area contributed by atoms with Crippen molar-refractivity contribution < 1.29 is 14.7 Å². The van der Waals surface area contributed by atoms with E-state index >= 15 is 0 Å². The normalized spacial score (nSPS) is 22.1. The summed E-state index contributed by atoms with van der Waals surface area (Å²) in [4.78, 5) is 24.4. The Hall–Kier alpha value is -1.10. The smallest absolute Gasteiger partial charge is 0.326 e. The molecule has 0 aromatic heterocycles. The molecule has 2 atom stereocenters. The first kappa shape index (κ1) is 13.0. The number of hydrogen-bond donors (Lipinski definition) is 2. The standard InChI is InChI=1S/C11H20N2O3/c1-3-12-7-8(2)10(14)13-6-4-5-9(13)11(15)16/h8-9,12H,3-7H2,1-2H3,(H,15,16). The number of amides is 1. The fourth-order valence-corrected chi connectivity index (χ4v) is 2.02. The van der Waals surface area contributed by atoms with Crippen molar-refractivity contribution >= 4 is 11.9 Å². The maximum absolute atomic E-state index is 12.0. The van der Waals surface area contributed by atoms with E-state index in [9.17, 15) is 9.59 Å². The molecular formula is C11H20N2O3. The largest absolute Gasteiger partial charge is 0.480 e. The SMILES string of the molecule is CCNCC(C)C(=O)N1CCCC1C(=O)O. The van der Waals surface area contributed by atoms with Crippen LogP contribution < -0.4 is 5.32 Å². The molecule has 0 spiro atoms. The van der Waals surface area contributed by atoms with Gasteiger partial charge in [0.05, 0.1) is 0 Å². The summed E-state index contributed by atoms with van der Waals surface area (Å²) in [6.07, 6.45) is 1.37. The van der Waals surface area contributed by atoms with Crippen LogP contribution in [-0.2, 0) is 9.59 Å². The van der Waals surface area contributed by atoms with Crippen molar-refractivity contribution in [1.82, 2.24) is 10.2 Å². The van der Waals surface area contributed by atoms with E-state index in [2.05, 4.69) is 5.32 Å². The second-order valence-electron chi connectivity index (χ2n) is 4.24. The van der Waals surface area contributed by atoms with Gasteiger partial charge in [0.2, 0.25) is 5.91 Å². The van der Waals surface area contributed by atoms with Gasteiger partial charge in [0, 0.05) is 19.0 Å². The summed E-state index contributed by atoms with van der Waals surface area (Å²) in [6.45, 7) is 5.82. The Kier molecular flexibility index (Phi) is 4.73. The van der Waals surface area contributed by atoms with Gasteiger partial charge in [0.25, 0.3) is 0 Å². The molecule has 1 heterocycles. The number of carbonyl (C=O) groups is 2. The Morgan fingerprint density at radius 1 is 1.56 bits per heavy atom. The van der Waals surface area contributed by atoms with Gasteiger partial charge in [0.15, 0.2) is 0 Å². The zero-order chi connectivity index (χ0) is 12.1. The van der Waals surface area contributed by atoms with E-state index in [0.717, 1.165) is 13.0 Å². The topological polar surface area (TPSA) is 69.6 Å². The summed E-state index contributed by atoms with van der Waals surface area (Å²) in [5, 5.41) is 12.1. The highest BCUT2D eigenvalue weighted by molar-refractivity contribution is 5.85. The maximum atomic E-state index is 12.0. The van der Waals surface area contributed by atoms with Crippen LogP contribution in [0.2, 0.25) is 0 Å². The maximum Gasteiger partial charge on any atom is 0.326 e. The predicted molar refractivity (Wildman–Crippen MR) is 60.1 cm³/mol. The van der Waals surface area contributed by atoms with Crippen LogP contribution in [0.1, 0.15) is 26.7 Å². The fourth-order valence-electron chi connectivity index (χ4n) is 2.02. The lowest BCUT2D eigenvalue weighted by Crippen LogP contribution is -2.44. The van der Waals surface area contributed by atoms with Crippen LogP contribution in [0.15, 0.2) is 0 Å². The summed E-state index contributed by atoms with van der Waals surface area (Å²) in [5.41, 5.74) is 0. The van der Waals surface area contributed by atoms with Gasteiger partial charge in [-0.3, -0.25) is 4.79 Å². The van der Waals surface area contributed by atoms with Gasteiger partial charge in [-0.2, -0.15) is 0 Å². The van der Waals surface area contributed by atoms with E-state index in [1.54, 1.807) is 0 Å². The van der Waals surface area contributed by atoms with E-state index in [-0.39, 0.29) is 11.8 Å². The summed E-state index contributed by atoms with van der Waals surface area (Å²) in [5.74, 6) is -1.09.